The summed E-state index contributed by atoms with van der Waals surface area (Å²) in [5.74, 6) is 0.148. The number of phenols is 1. The van der Waals surface area contributed by atoms with Gasteiger partial charge in [-0.1, -0.05) is 6.07 Å². The largest absolute Gasteiger partial charge is 0.508 e. The van der Waals surface area contributed by atoms with Crippen LogP contribution in [0, 0.1) is 0 Å². The van der Waals surface area contributed by atoms with Crippen LogP contribution in [0.15, 0.2) is 18.2 Å². The molecule has 0 amide bonds. The third-order valence-electron chi connectivity index (χ3n) is 2.96. The highest BCUT2D eigenvalue weighted by atomic mass is 19.1. The van der Waals surface area contributed by atoms with Crippen LogP contribution >= 0.6 is 0 Å². The molecule has 0 bridgehead atoms. The first-order chi connectivity index (χ1) is 8.13. The topological polar surface area (TPSA) is 49.5 Å². The maximum absolute atomic E-state index is 12.2. The lowest BCUT2D eigenvalue weighted by molar-refractivity contribution is 0.424. The van der Waals surface area contributed by atoms with Crippen LogP contribution in [0.1, 0.15) is 31.9 Å². The standard InChI is InChI=1S/C13H21FN2O/c1-3-16(4-2)10-5-6-11(13(17)9-10)12(15)7-8-14/h5-6,9,12,17H,3-4,7-8,15H2,1-2H3/t12-/m1/s1. The van der Waals surface area contributed by atoms with E-state index in [-0.39, 0.29) is 12.2 Å². The summed E-state index contributed by atoms with van der Waals surface area (Å²) >= 11 is 0. The molecule has 96 valence electrons. The van der Waals surface area contributed by atoms with Gasteiger partial charge in [-0.15, -0.1) is 0 Å². The van der Waals surface area contributed by atoms with Gasteiger partial charge in [-0.2, -0.15) is 0 Å². The van der Waals surface area contributed by atoms with E-state index in [1.807, 2.05) is 6.07 Å². The number of aromatic hydroxyl groups is 1. The number of rotatable bonds is 6. The summed E-state index contributed by atoms with van der Waals surface area (Å²) in [5.41, 5.74) is 7.36. The highest BCUT2D eigenvalue weighted by molar-refractivity contribution is 5.53. The normalized spacial score (nSPS) is 12.5. The second-order valence-corrected chi connectivity index (χ2v) is 4.00. The molecule has 1 aromatic rings. The first-order valence-corrected chi connectivity index (χ1v) is 6.03. The fraction of sp³-hybridized carbons (Fsp3) is 0.538. The van der Waals surface area contributed by atoms with Gasteiger partial charge in [0.2, 0.25) is 0 Å². The molecule has 0 aromatic heterocycles. The lowest BCUT2D eigenvalue weighted by Gasteiger charge is -2.22. The number of anilines is 1. The fourth-order valence-corrected chi connectivity index (χ4v) is 1.90. The minimum Gasteiger partial charge on any atom is -0.508 e. The highest BCUT2D eigenvalue weighted by Gasteiger charge is 2.12. The molecule has 4 heteroatoms. The smallest absolute Gasteiger partial charge is 0.122 e. The van der Waals surface area contributed by atoms with Crippen LogP contribution in [0.3, 0.4) is 0 Å². The Morgan fingerprint density at radius 1 is 1.35 bits per heavy atom. The Hall–Kier alpha value is -1.29. The van der Waals surface area contributed by atoms with Crippen molar-refractivity contribution in [3.05, 3.63) is 23.8 Å². The number of alkyl halides is 1. The summed E-state index contributed by atoms with van der Waals surface area (Å²) in [4.78, 5) is 2.13. The summed E-state index contributed by atoms with van der Waals surface area (Å²) in [6.07, 6.45) is 0.234. The van der Waals surface area contributed by atoms with Crippen LogP contribution < -0.4 is 10.6 Å². The summed E-state index contributed by atoms with van der Waals surface area (Å²) in [6, 6.07) is 4.95. The van der Waals surface area contributed by atoms with E-state index in [1.165, 1.54) is 0 Å². The fourth-order valence-electron chi connectivity index (χ4n) is 1.90. The van der Waals surface area contributed by atoms with E-state index in [0.717, 1.165) is 18.8 Å². The number of benzene rings is 1. The monoisotopic (exact) mass is 240 g/mol. The Morgan fingerprint density at radius 3 is 2.47 bits per heavy atom. The molecule has 0 aliphatic heterocycles. The van der Waals surface area contributed by atoms with Gasteiger partial charge in [0.25, 0.3) is 0 Å². The molecule has 1 aromatic carbocycles. The van der Waals surface area contributed by atoms with E-state index in [0.29, 0.717) is 5.56 Å². The zero-order chi connectivity index (χ0) is 12.8. The van der Waals surface area contributed by atoms with Crippen molar-refractivity contribution in [2.45, 2.75) is 26.3 Å². The molecule has 0 saturated heterocycles. The molecule has 0 saturated carbocycles. The summed E-state index contributed by atoms with van der Waals surface area (Å²) in [6.45, 7) is 5.41. The van der Waals surface area contributed by atoms with E-state index >= 15 is 0 Å². The van der Waals surface area contributed by atoms with Crippen molar-refractivity contribution >= 4 is 5.69 Å². The van der Waals surface area contributed by atoms with Gasteiger partial charge in [-0.3, -0.25) is 4.39 Å². The van der Waals surface area contributed by atoms with Crippen LogP contribution in [0.25, 0.3) is 0 Å². The van der Waals surface area contributed by atoms with Crippen LogP contribution in [0.5, 0.6) is 5.75 Å². The Bertz CT molecular complexity index is 353. The zero-order valence-corrected chi connectivity index (χ0v) is 10.5. The first kappa shape index (κ1) is 13.8. The maximum Gasteiger partial charge on any atom is 0.122 e. The number of hydrogen-bond acceptors (Lipinski definition) is 3. The van der Waals surface area contributed by atoms with Crippen molar-refractivity contribution in [3.8, 4) is 5.75 Å². The van der Waals surface area contributed by atoms with Crippen LogP contribution in [0.4, 0.5) is 10.1 Å². The zero-order valence-electron chi connectivity index (χ0n) is 10.5. The van der Waals surface area contributed by atoms with Crippen molar-refractivity contribution in [2.24, 2.45) is 5.73 Å². The maximum atomic E-state index is 12.2. The van der Waals surface area contributed by atoms with Crippen molar-refractivity contribution < 1.29 is 9.50 Å². The lowest BCUT2D eigenvalue weighted by Crippen LogP contribution is -2.21. The Labute approximate surface area is 102 Å². The summed E-state index contributed by atoms with van der Waals surface area (Å²) in [7, 11) is 0. The first-order valence-electron chi connectivity index (χ1n) is 6.03. The van der Waals surface area contributed by atoms with E-state index in [4.69, 9.17) is 5.73 Å². The van der Waals surface area contributed by atoms with Gasteiger partial charge in [0.15, 0.2) is 0 Å². The van der Waals surface area contributed by atoms with Crippen molar-refractivity contribution in [3.63, 3.8) is 0 Å². The minimum atomic E-state index is -0.474. The van der Waals surface area contributed by atoms with Crippen molar-refractivity contribution in [1.29, 1.82) is 0 Å². The number of halogens is 1. The van der Waals surface area contributed by atoms with Gasteiger partial charge < -0.3 is 15.7 Å². The number of phenolic OH excluding ortho intramolecular Hbond substituents is 1. The van der Waals surface area contributed by atoms with Gasteiger partial charge >= 0.3 is 0 Å². The third kappa shape index (κ3) is 3.33. The predicted molar refractivity (Wildman–Crippen MR) is 69.2 cm³/mol. The number of nitrogens with zero attached hydrogens (tertiary/aromatic N) is 1. The highest BCUT2D eigenvalue weighted by Crippen LogP contribution is 2.29. The number of hydrogen-bond donors (Lipinski definition) is 2. The van der Waals surface area contributed by atoms with E-state index in [2.05, 4.69) is 18.7 Å². The SMILES string of the molecule is CCN(CC)c1ccc([C@H](N)CCF)c(O)c1. The molecule has 0 heterocycles. The second kappa shape index (κ2) is 6.45. The average molecular weight is 240 g/mol. The van der Waals surface area contributed by atoms with Crippen LogP contribution in [-0.2, 0) is 0 Å². The quantitative estimate of drug-likeness (QED) is 0.803. The predicted octanol–water partition coefficient (Wildman–Crippen LogP) is 2.60. The van der Waals surface area contributed by atoms with Crippen LogP contribution in [0.2, 0.25) is 0 Å². The lowest BCUT2D eigenvalue weighted by atomic mass is 10.0. The molecule has 0 radical (unpaired) electrons. The molecule has 17 heavy (non-hydrogen) atoms. The molecule has 1 atom stereocenters. The van der Waals surface area contributed by atoms with Gasteiger partial charge in [0, 0.05) is 36.4 Å². The third-order valence-corrected chi connectivity index (χ3v) is 2.96. The Balaban J connectivity index is 2.92. The summed E-state index contributed by atoms with van der Waals surface area (Å²) in [5, 5.41) is 9.90. The van der Waals surface area contributed by atoms with Gasteiger partial charge in [-0.25, -0.2) is 0 Å². The van der Waals surface area contributed by atoms with Crippen LogP contribution in [-0.4, -0.2) is 24.9 Å². The number of nitrogens with two attached hydrogens (primary N) is 1. The van der Waals surface area contributed by atoms with Crippen molar-refractivity contribution in [2.75, 3.05) is 24.7 Å². The molecule has 0 aliphatic rings. The molecule has 0 fully saturated rings. The molecule has 0 spiro atoms. The molecule has 3 nitrogen and oxygen atoms in total. The van der Waals surface area contributed by atoms with E-state index in [1.54, 1.807) is 12.1 Å². The Kier molecular flexibility index (Phi) is 5.22. The van der Waals surface area contributed by atoms with Gasteiger partial charge in [0.05, 0.1) is 6.67 Å². The van der Waals surface area contributed by atoms with E-state index < -0.39 is 12.7 Å². The summed E-state index contributed by atoms with van der Waals surface area (Å²) < 4.78 is 12.2. The Morgan fingerprint density at radius 2 is 2.00 bits per heavy atom. The molecule has 0 aliphatic carbocycles. The average Bonchev–Trinajstić information content (AvgIpc) is 2.31. The minimum absolute atomic E-state index is 0.148. The molecule has 3 N–H and O–H groups in total. The molecule has 0 unspecified atom stereocenters. The van der Waals surface area contributed by atoms with Gasteiger partial charge in [-0.05, 0) is 26.3 Å². The second-order valence-electron chi connectivity index (χ2n) is 4.00. The van der Waals surface area contributed by atoms with E-state index in [9.17, 15) is 9.50 Å². The molecule has 1 rings (SSSR count). The van der Waals surface area contributed by atoms with Crippen molar-refractivity contribution in [1.82, 2.24) is 0 Å². The molecular formula is C13H21FN2O. The van der Waals surface area contributed by atoms with Gasteiger partial charge in [0.1, 0.15) is 5.75 Å². The molecular weight excluding hydrogens is 219 g/mol.